The van der Waals surface area contributed by atoms with Crippen molar-refractivity contribution < 1.29 is 4.39 Å². The zero-order chi connectivity index (χ0) is 12.8. The Bertz CT molecular complexity index is 355. The Hall–Kier alpha value is -0.200. The first-order chi connectivity index (χ1) is 7.99. The number of hydrogen-bond donors (Lipinski definition) is 1. The van der Waals surface area contributed by atoms with Crippen LogP contribution in [0.5, 0.6) is 0 Å². The Morgan fingerprint density at radius 3 is 2.71 bits per heavy atom. The van der Waals surface area contributed by atoms with Crippen molar-refractivity contribution in [3.8, 4) is 0 Å². The molecule has 1 aromatic rings. The van der Waals surface area contributed by atoms with Crippen molar-refractivity contribution in [1.82, 2.24) is 10.2 Å². The van der Waals surface area contributed by atoms with Crippen molar-refractivity contribution >= 4 is 22.6 Å². The van der Waals surface area contributed by atoms with Crippen LogP contribution < -0.4 is 5.32 Å². The second kappa shape index (κ2) is 7.28. The summed E-state index contributed by atoms with van der Waals surface area (Å²) >= 11 is 2.19. The van der Waals surface area contributed by atoms with Gasteiger partial charge >= 0.3 is 0 Å². The Kier molecular flexibility index (Phi) is 6.37. The molecule has 0 spiro atoms. The van der Waals surface area contributed by atoms with Crippen molar-refractivity contribution in [3.05, 3.63) is 33.1 Å². The monoisotopic (exact) mass is 350 g/mol. The second-order valence-electron chi connectivity index (χ2n) is 4.58. The van der Waals surface area contributed by atoms with Crippen LogP contribution in [0.1, 0.15) is 19.4 Å². The van der Waals surface area contributed by atoms with Crippen LogP contribution in [-0.2, 0) is 6.54 Å². The maximum Gasteiger partial charge on any atom is 0.124 e. The average molecular weight is 350 g/mol. The van der Waals surface area contributed by atoms with E-state index in [4.69, 9.17) is 0 Å². The molecule has 1 rings (SSSR count). The normalized spacial score (nSPS) is 11.5. The van der Waals surface area contributed by atoms with Crippen LogP contribution in [0, 0.1) is 9.39 Å². The van der Waals surface area contributed by atoms with E-state index in [9.17, 15) is 4.39 Å². The number of nitrogens with one attached hydrogen (secondary N) is 1. The maximum atomic E-state index is 12.9. The van der Waals surface area contributed by atoms with Crippen LogP contribution in [0.2, 0.25) is 0 Å². The fraction of sp³-hybridized carbons (Fsp3) is 0.538. The summed E-state index contributed by atoms with van der Waals surface area (Å²) in [7, 11) is 2.08. The predicted molar refractivity (Wildman–Crippen MR) is 78.6 cm³/mol. The predicted octanol–water partition coefficient (Wildman–Crippen LogP) is 2.86. The highest BCUT2D eigenvalue weighted by Gasteiger charge is 2.05. The van der Waals surface area contributed by atoms with Gasteiger partial charge in [0.25, 0.3) is 0 Å². The number of rotatable bonds is 6. The lowest BCUT2D eigenvalue weighted by molar-refractivity contribution is 0.319. The highest BCUT2D eigenvalue weighted by atomic mass is 127. The SMILES string of the molecule is CC(C)NCCN(C)Cc1ccc(F)cc1I. The topological polar surface area (TPSA) is 15.3 Å². The van der Waals surface area contributed by atoms with Gasteiger partial charge in [-0.3, -0.25) is 0 Å². The lowest BCUT2D eigenvalue weighted by Gasteiger charge is -2.18. The summed E-state index contributed by atoms with van der Waals surface area (Å²) < 4.78 is 13.9. The molecule has 0 saturated heterocycles. The van der Waals surface area contributed by atoms with Crippen molar-refractivity contribution in [2.24, 2.45) is 0 Å². The standard InChI is InChI=1S/C13H20FIN2/c1-10(2)16-6-7-17(3)9-11-4-5-12(14)8-13(11)15/h4-5,8,10,16H,6-7,9H2,1-3H3. The molecule has 1 aromatic carbocycles. The zero-order valence-corrected chi connectivity index (χ0v) is 12.8. The van der Waals surface area contributed by atoms with Gasteiger partial charge in [0.05, 0.1) is 0 Å². The molecule has 0 radical (unpaired) electrons. The lowest BCUT2D eigenvalue weighted by atomic mass is 10.2. The summed E-state index contributed by atoms with van der Waals surface area (Å²) in [6.07, 6.45) is 0. The molecule has 96 valence electrons. The third-order valence-electron chi connectivity index (χ3n) is 2.50. The third-order valence-corrected chi connectivity index (χ3v) is 3.51. The molecule has 0 aromatic heterocycles. The Labute approximate surface area is 117 Å². The van der Waals surface area contributed by atoms with E-state index in [1.54, 1.807) is 6.07 Å². The maximum absolute atomic E-state index is 12.9. The van der Waals surface area contributed by atoms with Gasteiger partial charge in [0, 0.05) is 29.2 Å². The van der Waals surface area contributed by atoms with Crippen LogP contribution >= 0.6 is 22.6 Å². The summed E-state index contributed by atoms with van der Waals surface area (Å²) in [5, 5.41) is 3.38. The molecule has 0 amide bonds. The first kappa shape index (κ1) is 14.9. The largest absolute Gasteiger partial charge is 0.313 e. The van der Waals surface area contributed by atoms with E-state index >= 15 is 0 Å². The van der Waals surface area contributed by atoms with Gasteiger partial charge < -0.3 is 10.2 Å². The second-order valence-corrected chi connectivity index (χ2v) is 5.74. The minimum absolute atomic E-state index is 0.165. The van der Waals surface area contributed by atoms with Gasteiger partial charge in [0.15, 0.2) is 0 Å². The van der Waals surface area contributed by atoms with Crippen LogP contribution in [0.25, 0.3) is 0 Å². The van der Waals surface area contributed by atoms with Gasteiger partial charge in [0.2, 0.25) is 0 Å². The molecule has 0 fully saturated rings. The number of hydrogen-bond acceptors (Lipinski definition) is 2. The quantitative estimate of drug-likeness (QED) is 0.794. The number of halogens is 2. The van der Waals surface area contributed by atoms with Gasteiger partial charge in [-0.1, -0.05) is 19.9 Å². The molecule has 0 bridgehead atoms. The minimum Gasteiger partial charge on any atom is -0.313 e. The van der Waals surface area contributed by atoms with Crippen molar-refractivity contribution in [3.63, 3.8) is 0 Å². The van der Waals surface area contributed by atoms with Crippen LogP contribution in [-0.4, -0.2) is 31.1 Å². The van der Waals surface area contributed by atoms with Gasteiger partial charge in [-0.2, -0.15) is 0 Å². The first-order valence-corrected chi connectivity index (χ1v) is 6.92. The summed E-state index contributed by atoms with van der Waals surface area (Å²) in [6.45, 7) is 7.11. The van der Waals surface area contributed by atoms with Crippen molar-refractivity contribution in [2.45, 2.75) is 26.4 Å². The smallest absolute Gasteiger partial charge is 0.124 e. The van der Waals surface area contributed by atoms with E-state index in [-0.39, 0.29) is 5.82 Å². The van der Waals surface area contributed by atoms with Gasteiger partial charge in [-0.25, -0.2) is 4.39 Å². The van der Waals surface area contributed by atoms with E-state index in [0.717, 1.165) is 23.2 Å². The van der Waals surface area contributed by atoms with Crippen molar-refractivity contribution in [2.75, 3.05) is 20.1 Å². The third kappa shape index (κ3) is 5.79. The summed E-state index contributed by atoms with van der Waals surface area (Å²) in [4.78, 5) is 2.24. The molecule has 1 N–H and O–H groups in total. The van der Waals surface area contributed by atoms with Crippen LogP contribution in [0.3, 0.4) is 0 Å². The van der Waals surface area contributed by atoms with Gasteiger partial charge in [0.1, 0.15) is 5.82 Å². The van der Waals surface area contributed by atoms with E-state index in [1.165, 1.54) is 11.6 Å². The lowest BCUT2D eigenvalue weighted by Crippen LogP contribution is -2.32. The Balaban J connectivity index is 2.42. The highest BCUT2D eigenvalue weighted by molar-refractivity contribution is 14.1. The summed E-state index contributed by atoms with van der Waals surface area (Å²) in [5.74, 6) is -0.165. The van der Waals surface area contributed by atoms with Crippen molar-refractivity contribution in [1.29, 1.82) is 0 Å². The summed E-state index contributed by atoms with van der Waals surface area (Å²) in [6, 6.07) is 5.49. The fourth-order valence-electron chi connectivity index (χ4n) is 1.56. The molecule has 0 aliphatic heterocycles. The molecule has 4 heteroatoms. The molecule has 0 saturated carbocycles. The molecule has 0 atom stereocenters. The van der Waals surface area contributed by atoms with E-state index in [0.29, 0.717) is 6.04 Å². The van der Waals surface area contributed by atoms with E-state index < -0.39 is 0 Å². The van der Waals surface area contributed by atoms with Crippen LogP contribution in [0.4, 0.5) is 4.39 Å². The number of benzene rings is 1. The first-order valence-electron chi connectivity index (χ1n) is 5.85. The zero-order valence-electron chi connectivity index (χ0n) is 10.6. The van der Waals surface area contributed by atoms with Gasteiger partial charge in [-0.05, 0) is 47.3 Å². The van der Waals surface area contributed by atoms with Gasteiger partial charge in [-0.15, -0.1) is 0 Å². The summed E-state index contributed by atoms with van der Waals surface area (Å²) in [5.41, 5.74) is 1.18. The van der Waals surface area contributed by atoms with E-state index in [1.807, 2.05) is 6.07 Å². The molecule has 2 nitrogen and oxygen atoms in total. The number of nitrogens with zero attached hydrogens (tertiary/aromatic N) is 1. The minimum atomic E-state index is -0.165. The Morgan fingerprint density at radius 1 is 1.41 bits per heavy atom. The molecule has 0 unspecified atom stereocenters. The highest BCUT2D eigenvalue weighted by Crippen LogP contribution is 2.15. The average Bonchev–Trinajstić information content (AvgIpc) is 2.21. The molecule has 0 heterocycles. The molecule has 0 aliphatic carbocycles. The number of likely N-dealkylation sites (N-methyl/N-ethyl adjacent to an activating group) is 1. The van der Waals surface area contributed by atoms with E-state index in [2.05, 4.69) is 53.7 Å². The molecule has 17 heavy (non-hydrogen) atoms. The van der Waals surface area contributed by atoms with Crippen LogP contribution in [0.15, 0.2) is 18.2 Å². The Morgan fingerprint density at radius 2 is 2.12 bits per heavy atom. The molecular formula is C13H20FIN2. The fourth-order valence-corrected chi connectivity index (χ4v) is 2.21. The molecule has 0 aliphatic rings. The molecular weight excluding hydrogens is 330 g/mol.